The molecule has 1 aromatic rings. The molecule has 0 amide bonds. The fourth-order valence-electron chi connectivity index (χ4n) is 1.26. The molecule has 1 unspecified atom stereocenters. The second kappa shape index (κ2) is 5.29. The number of carboxylic acid groups (broad SMARTS) is 1. The van der Waals surface area contributed by atoms with Crippen LogP contribution in [0.4, 0.5) is 5.82 Å². The number of anilines is 1. The third-order valence-electron chi connectivity index (χ3n) is 2.16. The molecule has 0 spiro atoms. The van der Waals surface area contributed by atoms with E-state index >= 15 is 0 Å². The van der Waals surface area contributed by atoms with E-state index in [2.05, 4.69) is 10.3 Å². The average Bonchev–Trinajstić information content (AvgIpc) is 2.19. The van der Waals surface area contributed by atoms with Gasteiger partial charge in [0.15, 0.2) is 5.82 Å². The van der Waals surface area contributed by atoms with E-state index in [1.807, 2.05) is 0 Å². The summed E-state index contributed by atoms with van der Waals surface area (Å²) in [6.45, 7) is 2.22. The highest BCUT2D eigenvalue weighted by Gasteiger charge is 2.09. The van der Waals surface area contributed by atoms with Crippen molar-refractivity contribution in [2.45, 2.75) is 13.3 Å². The molecule has 0 radical (unpaired) electrons. The molecule has 88 valence electrons. The molecule has 0 bridgehead atoms. The van der Waals surface area contributed by atoms with E-state index in [0.717, 1.165) is 0 Å². The summed E-state index contributed by atoms with van der Waals surface area (Å²) in [7, 11) is 1.63. The van der Waals surface area contributed by atoms with Gasteiger partial charge in [-0.25, -0.2) is 4.98 Å². The number of rotatable bonds is 5. The first-order valence-electron chi connectivity index (χ1n) is 4.98. The van der Waals surface area contributed by atoms with Gasteiger partial charge in [-0.1, -0.05) is 6.92 Å². The summed E-state index contributed by atoms with van der Waals surface area (Å²) < 4.78 is 1.41. The quantitative estimate of drug-likeness (QED) is 0.753. The van der Waals surface area contributed by atoms with Crippen molar-refractivity contribution >= 4 is 11.8 Å². The van der Waals surface area contributed by atoms with Crippen molar-refractivity contribution in [1.29, 1.82) is 0 Å². The molecule has 0 aromatic carbocycles. The number of nitrogens with one attached hydrogen (secondary N) is 1. The fourth-order valence-corrected chi connectivity index (χ4v) is 1.26. The van der Waals surface area contributed by atoms with E-state index in [4.69, 9.17) is 5.11 Å². The largest absolute Gasteiger partial charge is 0.481 e. The predicted molar refractivity (Wildman–Crippen MR) is 59.4 cm³/mol. The summed E-state index contributed by atoms with van der Waals surface area (Å²) in [5.41, 5.74) is -0.218. The van der Waals surface area contributed by atoms with E-state index in [0.29, 0.717) is 6.54 Å². The molecule has 0 saturated carbocycles. The zero-order valence-corrected chi connectivity index (χ0v) is 9.30. The van der Waals surface area contributed by atoms with Crippen LogP contribution in [-0.4, -0.2) is 27.2 Å². The Labute approximate surface area is 92.9 Å². The number of carboxylic acids is 1. The molecule has 1 aromatic heterocycles. The van der Waals surface area contributed by atoms with Crippen LogP contribution in [0.2, 0.25) is 0 Å². The number of hydrogen-bond acceptors (Lipinski definition) is 4. The van der Waals surface area contributed by atoms with Gasteiger partial charge in [-0.2, -0.15) is 0 Å². The predicted octanol–water partition coefficient (Wildman–Crippen LogP) is 0.303. The third kappa shape index (κ3) is 3.38. The van der Waals surface area contributed by atoms with Crippen LogP contribution in [0, 0.1) is 5.92 Å². The van der Waals surface area contributed by atoms with Crippen molar-refractivity contribution in [2.24, 2.45) is 13.0 Å². The van der Waals surface area contributed by atoms with Gasteiger partial charge in [0.25, 0.3) is 5.56 Å². The van der Waals surface area contributed by atoms with Crippen molar-refractivity contribution in [2.75, 3.05) is 11.9 Å². The Morgan fingerprint density at radius 1 is 1.69 bits per heavy atom. The minimum absolute atomic E-state index is 0.0517. The number of hydrogen-bond donors (Lipinski definition) is 2. The summed E-state index contributed by atoms with van der Waals surface area (Å²) in [6, 6.07) is 0. The van der Waals surface area contributed by atoms with Gasteiger partial charge < -0.3 is 15.0 Å². The first-order chi connectivity index (χ1) is 7.50. The normalized spacial score (nSPS) is 12.1. The Balaban J connectivity index is 2.58. The van der Waals surface area contributed by atoms with Crippen molar-refractivity contribution in [3.63, 3.8) is 0 Å². The molecule has 2 N–H and O–H groups in total. The molecule has 0 fully saturated rings. The maximum absolute atomic E-state index is 11.5. The lowest BCUT2D eigenvalue weighted by molar-refractivity contribution is -0.137. The van der Waals surface area contributed by atoms with Gasteiger partial charge in [0, 0.05) is 32.4 Å². The van der Waals surface area contributed by atoms with Crippen LogP contribution < -0.4 is 10.9 Å². The molecule has 16 heavy (non-hydrogen) atoms. The number of aliphatic carboxylic acids is 1. The average molecular weight is 225 g/mol. The minimum atomic E-state index is -0.844. The van der Waals surface area contributed by atoms with Gasteiger partial charge in [0.2, 0.25) is 0 Å². The summed E-state index contributed by atoms with van der Waals surface area (Å²) >= 11 is 0. The molecule has 0 aliphatic carbocycles. The lowest BCUT2D eigenvalue weighted by atomic mass is 10.1. The summed E-state index contributed by atoms with van der Waals surface area (Å²) in [4.78, 5) is 25.9. The number of carbonyl (C=O) groups is 1. The Morgan fingerprint density at radius 3 is 3.00 bits per heavy atom. The maximum atomic E-state index is 11.5. The third-order valence-corrected chi connectivity index (χ3v) is 2.16. The second-order valence-corrected chi connectivity index (χ2v) is 3.78. The van der Waals surface area contributed by atoms with Crippen LogP contribution in [0.15, 0.2) is 17.2 Å². The summed E-state index contributed by atoms with van der Waals surface area (Å²) in [5.74, 6) is -0.644. The molecule has 1 atom stereocenters. The lowest BCUT2D eigenvalue weighted by Crippen LogP contribution is -2.24. The number of aromatic nitrogens is 2. The van der Waals surface area contributed by atoms with Crippen LogP contribution in [0.25, 0.3) is 0 Å². The molecule has 1 heterocycles. The van der Waals surface area contributed by atoms with Gasteiger partial charge >= 0.3 is 5.97 Å². The smallest absolute Gasteiger partial charge is 0.303 e. The van der Waals surface area contributed by atoms with Crippen LogP contribution in [0.3, 0.4) is 0 Å². The van der Waals surface area contributed by atoms with Crippen LogP contribution in [0.1, 0.15) is 13.3 Å². The van der Waals surface area contributed by atoms with Crippen molar-refractivity contribution in [3.05, 3.63) is 22.7 Å². The zero-order valence-electron chi connectivity index (χ0n) is 9.30. The fraction of sp³-hybridized carbons (Fsp3) is 0.500. The van der Waals surface area contributed by atoms with Crippen molar-refractivity contribution in [3.8, 4) is 0 Å². The highest BCUT2D eigenvalue weighted by Crippen LogP contribution is 2.02. The minimum Gasteiger partial charge on any atom is -0.481 e. The van der Waals surface area contributed by atoms with Gasteiger partial charge in [-0.05, 0) is 5.92 Å². The molecule has 6 heteroatoms. The van der Waals surface area contributed by atoms with Crippen LogP contribution in [0.5, 0.6) is 0 Å². The van der Waals surface area contributed by atoms with E-state index in [1.54, 1.807) is 20.2 Å². The van der Waals surface area contributed by atoms with Gasteiger partial charge in [0.05, 0.1) is 0 Å². The SMILES string of the molecule is CC(CNc1nccn(C)c1=O)CC(=O)O. The Bertz CT molecular complexity index is 428. The molecule has 0 saturated heterocycles. The molecule has 1 rings (SSSR count). The Kier molecular flexibility index (Phi) is 4.04. The lowest BCUT2D eigenvalue weighted by Gasteiger charge is -2.10. The summed E-state index contributed by atoms with van der Waals surface area (Å²) in [5, 5.41) is 11.4. The maximum Gasteiger partial charge on any atom is 0.303 e. The molecular weight excluding hydrogens is 210 g/mol. The number of nitrogens with zero attached hydrogens (tertiary/aromatic N) is 2. The molecule has 0 aliphatic heterocycles. The van der Waals surface area contributed by atoms with E-state index < -0.39 is 5.97 Å². The molecular formula is C10H15N3O3. The van der Waals surface area contributed by atoms with Gasteiger partial charge in [-0.3, -0.25) is 9.59 Å². The van der Waals surface area contributed by atoms with E-state index in [1.165, 1.54) is 10.8 Å². The molecule has 6 nitrogen and oxygen atoms in total. The van der Waals surface area contributed by atoms with Crippen LogP contribution >= 0.6 is 0 Å². The van der Waals surface area contributed by atoms with Gasteiger partial charge in [-0.15, -0.1) is 0 Å². The highest BCUT2D eigenvalue weighted by molar-refractivity contribution is 5.67. The van der Waals surface area contributed by atoms with Crippen molar-refractivity contribution < 1.29 is 9.90 Å². The van der Waals surface area contributed by atoms with E-state index in [-0.39, 0.29) is 23.7 Å². The topological polar surface area (TPSA) is 84.2 Å². The first kappa shape index (κ1) is 12.2. The standard InChI is InChI=1S/C10H15N3O3/c1-7(5-8(14)15)6-12-9-10(16)13(2)4-3-11-9/h3-4,7H,5-6H2,1-2H3,(H,11,12)(H,14,15). The Morgan fingerprint density at radius 2 is 2.38 bits per heavy atom. The molecule has 0 aliphatic rings. The Hall–Kier alpha value is -1.85. The first-order valence-corrected chi connectivity index (χ1v) is 4.98. The van der Waals surface area contributed by atoms with E-state index in [9.17, 15) is 9.59 Å². The highest BCUT2D eigenvalue weighted by atomic mass is 16.4. The van der Waals surface area contributed by atoms with Gasteiger partial charge in [0.1, 0.15) is 0 Å². The monoisotopic (exact) mass is 225 g/mol. The number of aryl methyl sites for hydroxylation is 1. The van der Waals surface area contributed by atoms with Crippen LogP contribution in [-0.2, 0) is 11.8 Å². The van der Waals surface area contributed by atoms with Crippen molar-refractivity contribution in [1.82, 2.24) is 9.55 Å². The zero-order chi connectivity index (χ0) is 12.1. The summed E-state index contributed by atoms with van der Waals surface area (Å²) in [6.07, 6.45) is 3.15. The second-order valence-electron chi connectivity index (χ2n) is 3.78.